The van der Waals surface area contributed by atoms with Crippen LogP contribution < -0.4 is 11.0 Å². The van der Waals surface area contributed by atoms with Gasteiger partial charge in [-0.2, -0.15) is 5.10 Å². The maximum Gasteiger partial charge on any atom is 0.346 e. The number of fused-ring (bicyclic) bond motifs is 2. The van der Waals surface area contributed by atoms with Crippen molar-refractivity contribution in [3.05, 3.63) is 46.5 Å². The number of rotatable bonds is 4. The number of nitrogens with zero attached hydrogens (tertiary/aromatic N) is 6. The average molecular weight is 341 g/mol. The Morgan fingerprint density at radius 1 is 1.20 bits per heavy atom. The summed E-state index contributed by atoms with van der Waals surface area (Å²) in [5.74, 6) is 1.14. The number of hydrogen-bond donors (Lipinski definition) is 1. The number of amides is 1. The number of aromatic nitrogens is 6. The highest BCUT2D eigenvalue weighted by Crippen LogP contribution is 2.10. The molecule has 9 nitrogen and oxygen atoms in total. The van der Waals surface area contributed by atoms with Crippen molar-refractivity contribution in [3.8, 4) is 0 Å². The molecule has 3 aromatic rings. The molecule has 0 bridgehead atoms. The van der Waals surface area contributed by atoms with Crippen LogP contribution in [-0.4, -0.2) is 34.9 Å². The van der Waals surface area contributed by atoms with Crippen molar-refractivity contribution in [2.24, 2.45) is 0 Å². The number of carbonyl (C=O) groups excluding carboxylic acids is 1. The molecule has 0 aromatic carbocycles. The van der Waals surface area contributed by atoms with Gasteiger partial charge in [-0.3, -0.25) is 13.8 Å². The largest absolute Gasteiger partial charge is 0.347 e. The topological polar surface area (TPSA) is 99.1 Å². The van der Waals surface area contributed by atoms with Crippen molar-refractivity contribution < 1.29 is 4.79 Å². The normalized spacial score (nSPS) is 14.2. The summed E-state index contributed by atoms with van der Waals surface area (Å²) in [6.07, 6.45) is 5.74. The first-order valence-electron chi connectivity index (χ1n) is 8.44. The van der Waals surface area contributed by atoms with Crippen molar-refractivity contribution in [2.75, 3.05) is 0 Å². The van der Waals surface area contributed by atoms with E-state index in [1.807, 2.05) is 28.8 Å². The molecule has 0 fully saturated rings. The van der Waals surface area contributed by atoms with Gasteiger partial charge in [0.25, 0.3) is 0 Å². The van der Waals surface area contributed by atoms with Gasteiger partial charge in [0.05, 0.1) is 6.54 Å². The van der Waals surface area contributed by atoms with E-state index >= 15 is 0 Å². The van der Waals surface area contributed by atoms with Gasteiger partial charge in [-0.1, -0.05) is 12.5 Å². The Morgan fingerprint density at radius 2 is 2.12 bits per heavy atom. The smallest absolute Gasteiger partial charge is 0.346 e. The molecule has 0 atom stereocenters. The van der Waals surface area contributed by atoms with Crippen molar-refractivity contribution in [3.63, 3.8) is 0 Å². The Kier molecular flexibility index (Phi) is 4.04. The van der Waals surface area contributed by atoms with Crippen molar-refractivity contribution in [1.29, 1.82) is 0 Å². The maximum atomic E-state index is 12.4. The first kappa shape index (κ1) is 15.6. The minimum atomic E-state index is -0.275. The number of aryl methyl sites for hydroxylation is 1. The molecule has 0 spiro atoms. The zero-order valence-electron chi connectivity index (χ0n) is 13.8. The van der Waals surface area contributed by atoms with E-state index in [1.54, 1.807) is 4.57 Å². The van der Waals surface area contributed by atoms with Gasteiger partial charge in [0.1, 0.15) is 12.4 Å². The third kappa shape index (κ3) is 3.04. The van der Waals surface area contributed by atoms with Crippen LogP contribution >= 0.6 is 0 Å². The van der Waals surface area contributed by atoms with Gasteiger partial charge in [-0.25, -0.2) is 9.48 Å². The molecule has 0 saturated heterocycles. The van der Waals surface area contributed by atoms with Crippen molar-refractivity contribution >= 4 is 11.6 Å². The van der Waals surface area contributed by atoms with E-state index in [0.29, 0.717) is 12.4 Å². The van der Waals surface area contributed by atoms with Crippen LogP contribution in [0.3, 0.4) is 0 Å². The first-order chi connectivity index (χ1) is 12.2. The number of pyridine rings is 1. The summed E-state index contributed by atoms with van der Waals surface area (Å²) in [6, 6.07) is 5.59. The molecule has 3 aromatic heterocycles. The predicted octanol–water partition coefficient (Wildman–Crippen LogP) is 0.130. The van der Waals surface area contributed by atoms with Crippen LogP contribution in [0.2, 0.25) is 0 Å². The molecular formula is C16H19N7O2. The number of nitrogens with one attached hydrogen (secondary N) is 1. The number of carbonyl (C=O) groups is 1. The summed E-state index contributed by atoms with van der Waals surface area (Å²) in [6.45, 7) is 0.837. The van der Waals surface area contributed by atoms with Crippen molar-refractivity contribution in [1.82, 2.24) is 34.3 Å². The lowest BCUT2D eigenvalue weighted by Crippen LogP contribution is -2.33. The second-order valence-electron chi connectivity index (χ2n) is 6.14. The fourth-order valence-electron chi connectivity index (χ4n) is 3.11. The van der Waals surface area contributed by atoms with E-state index < -0.39 is 0 Å². The molecular weight excluding hydrogens is 322 g/mol. The van der Waals surface area contributed by atoms with Crippen LogP contribution in [0.4, 0.5) is 0 Å². The molecule has 4 heterocycles. The first-order valence-corrected chi connectivity index (χ1v) is 8.44. The average Bonchev–Trinajstić information content (AvgIpc) is 3.06. The molecule has 0 aliphatic carbocycles. The van der Waals surface area contributed by atoms with Crippen molar-refractivity contribution in [2.45, 2.75) is 45.3 Å². The molecule has 130 valence electrons. The Balaban J connectivity index is 1.43. The van der Waals surface area contributed by atoms with Gasteiger partial charge < -0.3 is 5.32 Å². The summed E-state index contributed by atoms with van der Waals surface area (Å²) in [4.78, 5) is 24.6. The van der Waals surface area contributed by atoms with Crippen LogP contribution in [0, 0.1) is 0 Å². The molecule has 0 radical (unpaired) electrons. The third-order valence-corrected chi connectivity index (χ3v) is 4.40. The highest BCUT2D eigenvalue weighted by atomic mass is 16.2. The maximum absolute atomic E-state index is 12.4. The van der Waals surface area contributed by atoms with Gasteiger partial charge in [0.15, 0.2) is 11.5 Å². The summed E-state index contributed by atoms with van der Waals surface area (Å²) < 4.78 is 4.75. The zero-order chi connectivity index (χ0) is 17.2. The van der Waals surface area contributed by atoms with Gasteiger partial charge in [0, 0.05) is 19.2 Å². The van der Waals surface area contributed by atoms with E-state index in [2.05, 4.69) is 20.6 Å². The molecule has 1 aliphatic heterocycles. The fraction of sp³-hybridized carbons (Fsp3) is 0.438. The molecule has 1 aliphatic rings. The second-order valence-corrected chi connectivity index (χ2v) is 6.14. The predicted molar refractivity (Wildman–Crippen MR) is 88.9 cm³/mol. The van der Waals surface area contributed by atoms with Gasteiger partial charge in [-0.05, 0) is 25.0 Å². The molecule has 0 unspecified atom stereocenters. The van der Waals surface area contributed by atoms with Crippen LogP contribution in [0.5, 0.6) is 0 Å². The van der Waals surface area contributed by atoms with E-state index in [4.69, 9.17) is 0 Å². The van der Waals surface area contributed by atoms with Crippen LogP contribution in [0.1, 0.15) is 30.9 Å². The van der Waals surface area contributed by atoms with Gasteiger partial charge in [-0.15, -0.1) is 10.2 Å². The third-order valence-electron chi connectivity index (χ3n) is 4.40. The minimum Gasteiger partial charge on any atom is -0.347 e. The molecule has 1 amide bonds. The lowest BCUT2D eigenvalue weighted by molar-refractivity contribution is -0.122. The second kappa shape index (κ2) is 6.50. The van der Waals surface area contributed by atoms with Crippen LogP contribution in [-0.2, 0) is 30.8 Å². The molecule has 4 rings (SSSR count). The van der Waals surface area contributed by atoms with E-state index in [0.717, 1.165) is 37.2 Å². The standard InChI is InChI=1S/C16H19N7O2/c24-15(17-10-14-19-18-12-6-3-5-8-21(12)14)11-23-16(25)22-9-4-1-2-7-13(22)20-23/h3,5-6,8H,1-2,4,7,9-11H2,(H,17,24). The van der Waals surface area contributed by atoms with E-state index in [-0.39, 0.29) is 24.7 Å². The van der Waals surface area contributed by atoms with Gasteiger partial charge >= 0.3 is 5.69 Å². The fourth-order valence-corrected chi connectivity index (χ4v) is 3.11. The molecule has 0 saturated carbocycles. The SMILES string of the molecule is O=C(Cn1nc2n(c1=O)CCCCC2)NCc1nnc2ccccn12. The zero-order valence-corrected chi connectivity index (χ0v) is 13.8. The summed E-state index contributed by atoms with van der Waals surface area (Å²) in [5, 5.41) is 15.2. The molecule has 9 heteroatoms. The van der Waals surface area contributed by atoms with E-state index in [1.165, 1.54) is 4.68 Å². The summed E-state index contributed by atoms with van der Waals surface area (Å²) >= 11 is 0. The highest BCUT2D eigenvalue weighted by molar-refractivity contribution is 5.75. The lowest BCUT2D eigenvalue weighted by Gasteiger charge is -2.04. The number of hydrogen-bond acceptors (Lipinski definition) is 5. The Bertz CT molecular complexity index is 968. The molecule has 25 heavy (non-hydrogen) atoms. The lowest BCUT2D eigenvalue weighted by atomic mass is 10.2. The monoisotopic (exact) mass is 341 g/mol. The molecule has 1 N–H and O–H groups in total. The van der Waals surface area contributed by atoms with E-state index in [9.17, 15) is 9.59 Å². The Morgan fingerprint density at radius 3 is 3.04 bits per heavy atom. The summed E-state index contributed by atoms with van der Waals surface area (Å²) in [7, 11) is 0. The Hall–Kier alpha value is -2.97. The van der Waals surface area contributed by atoms with Crippen LogP contribution in [0.25, 0.3) is 5.65 Å². The van der Waals surface area contributed by atoms with Crippen LogP contribution in [0.15, 0.2) is 29.2 Å². The highest BCUT2D eigenvalue weighted by Gasteiger charge is 2.17. The van der Waals surface area contributed by atoms with Gasteiger partial charge in [0.2, 0.25) is 5.91 Å². The Labute approximate surface area is 143 Å². The summed E-state index contributed by atoms with van der Waals surface area (Å²) in [5.41, 5.74) is 0.515. The quantitative estimate of drug-likeness (QED) is 0.727. The minimum absolute atomic E-state index is 0.0877.